The zero-order chi connectivity index (χ0) is 13.9. The zero-order valence-electron chi connectivity index (χ0n) is 11.7. The van der Waals surface area contributed by atoms with Gasteiger partial charge in [0.05, 0.1) is 0 Å². The first-order chi connectivity index (χ1) is 9.78. The van der Waals surface area contributed by atoms with E-state index >= 15 is 0 Å². The van der Waals surface area contributed by atoms with Crippen molar-refractivity contribution < 1.29 is 0 Å². The number of aryl methyl sites for hydroxylation is 1. The van der Waals surface area contributed by atoms with Crippen molar-refractivity contribution in [2.75, 3.05) is 24.5 Å². The van der Waals surface area contributed by atoms with Gasteiger partial charge in [0, 0.05) is 19.3 Å². The number of nitrogens with two attached hydrogens (primary N) is 1. The van der Waals surface area contributed by atoms with E-state index in [4.69, 9.17) is 5.73 Å². The lowest BCUT2D eigenvalue weighted by atomic mass is 9.99. The number of hydrogen-bond donors (Lipinski definition) is 2. The van der Waals surface area contributed by atoms with Gasteiger partial charge in [0.25, 0.3) is 0 Å². The van der Waals surface area contributed by atoms with Crippen LogP contribution in [-0.4, -0.2) is 39.8 Å². The predicted octanol–water partition coefficient (Wildman–Crippen LogP) is 1.35. The first-order valence-electron chi connectivity index (χ1n) is 7.07. The lowest BCUT2D eigenvalue weighted by Crippen LogP contribution is -2.38. The molecule has 1 aliphatic heterocycles. The van der Waals surface area contributed by atoms with E-state index in [9.17, 15) is 0 Å². The summed E-state index contributed by atoms with van der Waals surface area (Å²) in [5.41, 5.74) is 7.73. The van der Waals surface area contributed by atoms with Crippen molar-refractivity contribution in [1.82, 2.24) is 20.2 Å². The summed E-state index contributed by atoms with van der Waals surface area (Å²) >= 11 is 0. The van der Waals surface area contributed by atoms with Crippen molar-refractivity contribution in [3.05, 3.63) is 23.9 Å². The fourth-order valence-corrected chi connectivity index (χ4v) is 2.67. The van der Waals surface area contributed by atoms with Gasteiger partial charge in [-0.25, -0.2) is 0 Å². The molecule has 0 spiro atoms. The van der Waals surface area contributed by atoms with Crippen LogP contribution in [0, 0.1) is 12.8 Å². The number of nitrogens with zero attached hydrogens (tertiary/aromatic N) is 4. The highest BCUT2D eigenvalue weighted by Crippen LogP contribution is 2.22. The Morgan fingerprint density at radius 3 is 3.20 bits per heavy atom. The maximum absolute atomic E-state index is 5.77. The fourth-order valence-electron chi connectivity index (χ4n) is 2.67. The van der Waals surface area contributed by atoms with Gasteiger partial charge in [-0.2, -0.15) is 4.98 Å². The monoisotopic (exact) mass is 272 g/mol. The summed E-state index contributed by atoms with van der Waals surface area (Å²) in [4.78, 5) is 11.2. The third-order valence-electron chi connectivity index (χ3n) is 3.84. The highest BCUT2D eigenvalue weighted by Gasteiger charge is 2.22. The molecule has 3 rings (SSSR count). The quantitative estimate of drug-likeness (QED) is 0.881. The van der Waals surface area contributed by atoms with Crippen LogP contribution in [-0.2, 0) is 0 Å². The molecular formula is C14H20N6. The van der Waals surface area contributed by atoms with Gasteiger partial charge in [0.1, 0.15) is 5.69 Å². The van der Waals surface area contributed by atoms with Crippen LogP contribution >= 0.6 is 0 Å². The third-order valence-corrected chi connectivity index (χ3v) is 3.84. The molecule has 1 aliphatic rings. The number of pyridine rings is 1. The maximum Gasteiger partial charge on any atom is 0.245 e. The van der Waals surface area contributed by atoms with Crippen molar-refractivity contribution in [2.24, 2.45) is 11.7 Å². The van der Waals surface area contributed by atoms with Gasteiger partial charge in [0.15, 0.2) is 5.82 Å². The molecule has 0 bridgehead atoms. The van der Waals surface area contributed by atoms with Crippen molar-refractivity contribution in [2.45, 2.75) is 19.8 Å². The fraction of sp³-hybridized carbons (Fsp3) is 0.500. The number of rotatable bonds is 3. The molecule has 0 radical (unpaired) electrons. The lowest BCUT2D eigenvalue weighted by Gasteiger charge is -2.31. The standard InChI is InChI=1S/C14H20N6/c1-10-4-2-6-16-12(10)13-17-14(19-18-13)20-7-3-5-11(8-15)9-20/h2,4,6,11H,3,5,7-9,15H2,1H3,(H,17,18,19). The average molecular weight is 272 g/mol. The Bertz CT molecular complexity index is 579. The Morgan fingerprint density at radius 2 is 2.40 bits per heavy atom. The van der Waals surface area contributed by atoms with Crippen LogP contribution in [0.4, 0.5) is 5.95 Å². The Morgan fingerprint density at radius 1 is 1.50 bits per heavy atom. The Labute approximate surface area is 118 Å². The average Bonchev–Trinajstić information content (AvgIpc) is 2.97. The summed E-state index contributed by atoms with van der Waals surface area (Å²) in [5.74, 6) is 2.03. The molecule has 1 fully saturated rings. The van der Waals surface area contributed by atoms with Crippen LogP contribution < -0.4 is 10.6 Å². The minimum Gasteiger partial charge on any atom is -0.339 e. The molecular weight excluding hydrogens is 252 g/mol. The van der Waals surface area contributed by atoms with Gasteiger partial charge in [-0.1, -0.05) is 6.07 Å². The van der Waals surface area contributed by atoms with E-state index in [1.54, 1.807) is 6.20 Å². The summed E-state index contributed by atoms with van der Waals surface area (Å²) in [6.07, 6.45) is 4.12. The second-order valence-electron chi connectivity index (χ2n) is 5.34. The Balaban J connectivity index is 1.82. The molecule has 2 aromatic heterocycles. The summed E-state index contributed by atoms with van der Waals surface area (Å²) < 4.78 is 0. The number of hydrogen-bond acceptors (Lipinski definition) is 5. The van der Waals surface area contributed by atoms with Crippen molar-refractivity contribution in [3.8, 4) is 11.5 Å². The molecule has 20 heavy (non-hydrogen) atoms. The molecule has 106 valence electrons. The molecule has 0 amide bonds. The molecule has 0 aliphatic carbocycles. The van der Waals surface area contributed by atoms with Crippen LogP contribution in [0.3, 0.4) is 0 Å². The summed E-state index contributed by atoms with van der Waals surface area (Å²) in [5, 5.41) is 7.33. The zero-order valence-corrected chi connectivity index (χ0v) is 11.7. The molecule has 1 saturated heterocycles. The van der Waals surface area contributed by atoms with Gasteiger partial charge < -0.3 is 10.6 Å². The number of H-pyrrole nitrogens is 1. The Kier molecular flexibility index (Phi) is 3.64. The van der Waals surface area contributed by atoms with E-state index in [1.807, 2.05) is 19.1 Å². The van der Waals surface area contributed by atoms with Gasteiger partial charge in [-0.05, 0) is 43.9 Å². The van der Waals surface area contributed by atoms with Crippen molar-refractivity contribution >= 4 is 5.95 Å². The topological polar surface area (TPSA) is 83.7 Å². The second-order valence-corrected chi connectivity index (χ2v) is 5.34. The Hall–Kier alpha value is -1.95. The molecule has 6 nitrogen and oxygen atoms in total. The lowest BCUT2D eigenvalue weighted by molar-refractivity contribution is 0.420. The largest absolute Gasteiger partial charge is 0.339 e. The van der Waals surface area contributed by atoms with E-state index in [-0.39, 0.29) is 0 Å². The smallest absolute Gasteiger partial charge is 0.245 e. The van der Waals surface area contributed by atoms with E-state index in [0.29, 0.717) is 5.92 Å². The number of aromatic amines is 1. The van der Waals surface area contributed by atoms with Crippen molar-refractivity contribution in [3.63, 3.8) is 0 Å². The minimum absolute atomic E-state index is 0.544. The summed E-state index contributed by atoms with van der Waals surface area (Å²) in [6.45, 7) is 4.69. The highest BCUT2D eigenvalue weighted by molar-refractivity contribution is 5.55. The SMILES string of the molecule is Cc1cccnc1-c1nc(N2CCCC(CN)C2)n[nH]1. The molecule has 0 saturated carbocycles. The van der Waals surface area contributed by atoms with Gasteiger partial charge >= 0.3 is 0 Å². The van der Waals surface area contributed by atoms with Crippen molar-refractivity contribution in [1.29, 1.82) is 0 Å². The van der Waals surface area contributed by atoms with E-state index in [0.717, 1.165) is 49.1 Å². The highest BCUT2D eigenvalue weighted by atomic mass is 15.4. The van der Waals surface area contributed by atoms with E-state index in [2.05, 4.69) is 25.1 Å². The third kappa shape index (κ3) is 2.51. The van der Waals surface area contributed by atoms with E-state index in [1.165, 1.54) is 6.42 Å². The van der Waals surface area contributed by atoms with Crippen LogP contribution in [0.5, 0.6) is 0 Å². The molecule has 1 unspecified atom stereocenters. The summed E-state index contributed by atoms with van der Waals surface area (Å²) in [6, 6.07) is 3.95. The first-order valence-corrected chi connectivity index (χ1v) is 7.07. The number of piperidine rings is 1. The number of nitrogens with one attached hydrogen (secondary N) is 1. The van der Waals surface area contributed by atoms with Crippen LogP contribution in [0.1, 0.15) is 18.4 Å². The molecule has 0 aromatic carbocycles. The van der Waals surface area contributed by atoms with Gasteiger partial charge in [0.2, 0.25) is 5.95 Å². The van der Waals surface area contributed by atoms with Gasteiger partial charge in [-0.15, -0.1) is 5.10 Å². The number of anilines is 1. The first kappa shape index (κ1) is 13.1. The molecule has 3 heterocycles. The normalized spacial score (nSPS) is 19.3. The predicted molar refractivity (Wildman–Crippen MR) is 78.3 cm³/mol. The van der Waals surface area contributed by atoms with Crippen LogP contribution in [0.2, 0.25) is 0 Å². The van der Waals surface area contributed by atoms with E-state index < -0.39 is 0 Å². The van der Waals surface area contributed by atoms with Gasteiger partial charge in [-0.3, -0.25) is 10.1 Å². The van der Waals surface area contributed by atoms with Crippen LogP contribution in [0.25, 0.3) is 11.5 Å². The maximum atomic E-state index is 5.77. The van der Waals surface area contributed by atoms with Crippen LogP contribution in [0.15, 0.2) is 18.3 Å². The molecule has 2 aromatic rings. The molecule has 6 heteroatoms. The minimum atomic E-state index is 0.544. The summed E-state index contributed by atoms with van der Waals surface area (Å²) in [7, 11) is 0. The second kappa shape index (κ2) is 5.58. The molecule has 3 N–H and O–H groups in total. The molecule has 1 atom stereocenters. The number of aromatic nitrogens is 4.